The van der Waals surface area contributed by atoms with Crippen LogP contribution in [0.2, 0.25) is 0 Å². The summed E-state index contributed by atoms with van der Waals surface area (Å²) >= 11 is 3.11. The fraction of sp³-hybridized carbons (Fsp3) is 0.600. The summed E-state index contributed by atoms with van der Waals surface area (Å²) in [5.74, 6) is 2.30. The second-order valence-electron chi connectivity index (χ2n) is 14.5. The quantitative estimate of drug-likeness (QED) is 0.230. The van der Waals surface area contributed by atoms with Crippen molar-refractivity contribution >= 4 is 40.2 Å². The summed E-state index contributed by atoms with van der Waals surface area (Å²) in [5, 5.41) is 3.70. The summed E-state index contributed by atoms with van der Waals surface area (Å²) in [6.07, 6.45) is 8.06. The van der Waals surface area contributed by atoms with E-state index < -0.39 is 5.60 Å². The van der Waals surface area contributed by atoms with Gasteiger partial charge in [-0.1, -0.05) is 50.3 Å². The van der Waals surface area contributed by atoms with Crippen molar-refractivity contribution in [2.45, 2.75) is 108 Å². The first kappa shape index (κ1) is 34.4. The first-order valence-electron chi connectivity index (χ1n) is 16.4. The van der Waals surface area contributed by atoms with Crippen molar-refractivity contribution in [3.05, 3.63) is 58.9 Å². The van der Waals surface area contributed by atoms with Gasteiger partial charge in [0.1, 0.15) is 11.4 Å². The number of nitrogens with zero attached hydrogens (tertiary/aromatic N) is 4. The third-order valence-corrected chi connectivity index (χ3v) is 10.7. The fourth-order valence-electron chi connectivity index (χ4n) is 5.98. The molecule has 4 heterocycles. The molecule has 3 aromatic rings. The van der Waals surface area contributed by atoms with E-state index in [1.54, 1.807) is 18.0 Å². The van der Waals surface area contributed by atoms with E-state index in [9.17, 15) is 9.59 Å². The number of ether oxygens (including phenoxy) is 1. The molecule has 1 N–H and O–H groups in total. The van der Waals surface area contributed by atoms with Gasteiger partial charge in [-0.25, -0.2) is 14.8 Å². The predicted octanol–water partition coefficient (Wildman–Crippen LogP) is 7.86. The number of carbonyl (C=O) groups is 2. The van der Waals surface area contributed by atoms with Crippen LogP contribution in [0, 0.1) is 5.92 Å². The van der Waals surface area contributed by atoms with Crippen LogP contribution in [0.3, 0.4) is 0 Å². The minimum Gasteiger partial charge on any atom is -0.444 e. The number of carbonyl (C=O) groups excluding carboxylic acids is 2. The molecule has 250 valence electrons. The van der Waals surface area contributed by atoms with Crippen LogP contribution >= 0.6 is 23.1 Å². The molecule has 0 saturated carbocycles. The zero-order valence-corrected chi connectivity index (χ0v) is 30.0. The van der Waals surface area contributed by atoms with Gasteiger partial charge in [0.2, 0.25) is 11.8 Å². The first-order valence-corrected chi connectivity index (χ1v) is 18.2. The van der Waals surface area contributed by atoms with E-state index in [-0.39, 0.29) is 29.4 Å². The van der Waals surface area contributed by atoms with Crippen molar-refractivity contribution in [1.82, 2.24) is 19.8 Å². The van der Waals surface area contributed by atoms with Crippen LogP contribution in [-0.4, -0.2) is 63.5 Å². The van der Waals surface area contributed by atoms with Crippen molar-refractivity contribution in [1.29, 1.82) is 0 Å². The smallest absolute Gasteiger partial charge is 0.410 e. The number of piperidine rings is 1. The maximum absolute atomic E-state index is 13.0. The Kier molecular flexibility index (Phi) is 10.8. The fourth-order valence-corrected chi connectivity index (χ4v) is 7.71. The van der Waals surface area contributed by atoms with Gasteiger partial charge in [0.15, 0.2) is 5.13 Å². The minimum absolute atomic E-state index is 0.00900. The highest BCUT2D eigenvalue weighted by molar-refractivity contribution is 8.00. The van der Waals surface area contributed by atoms with Crippen molar-refractivity contribution < 1.29 is 18.7 Å². The molecule has 2 aromatic heterocycles. The number of amides is 2. The normalized spacial score (nSPS) is 18.0. The van der Waals surface area contributed by atoms with Crippen molar-refractivity contribution in [2.24, 2.45) is 5.92 Å². The molecule has 0 radical (unpaired) electrons. The van der Waals surface area contributed by atoms with Gasteiger partial charge in [-0.2, -0.15) is 0 Å². The van der Waals surface area contributed by atoms with Crippen LogP contribution in [0.1, 0.15) is 102 Å². The predicted molar refractivity (Wildman–Crippen MR) is 184 cm³/mol. The number of aromatic nitrogens is 2. The lowest BCUT2D eigenvalue weighted by molar-refractivity contribution is -0.121. The maximum atomic E-state index is 13.0. The molecule has 11 heteroatoms. The van der Waals surface area contributed by atoms with Crippen molar-refractivity contribution in [3.8, 4) is 0 Å². The van der Waals surface area contributed by atoms with Gasteiger partial charge in [-0.05, 0) is 96.1 Å². The second kappa shape index (κ2) is 14.5. The van der Waals surface area contributed by atoms with E-state index in [0.29, 0.717) is 23.3 Å². The molecule has 2 amide bonds. The number of oxazole rings is 1. The van der Waals surface area contributed by atoms with Crippen LogP contribution in [0.25, 0.3) is 0 Å². The van der Waals surface area contributed by atoms with E-state index in [2.05, 4.69) is 66.1 Å². The molecule has 1 unspecified atom stereocenters. The largest absolute Gasteiger partial charge is 0.444 e. The summed E-state index contributed by atoms with van der Waals surface area (Å²) in [6.45, 7) is 17.7. The third kappa shape index (κ3) is 9.13. The van der Waals surface area contributed by atoms with Crippen molar-refractivity contribution in [2.75, 3.05) is 31.5 Å². The molecule has 0 spiro atoms. The van der Waals surface area contributed by atoms with Gasteiger partial charge >= 0.3 is 6.09 Å². The number of hydrogen-bond donors (Lipinski definition) is 1. The summed E-state index contributed by atoms with van der Waals surface area (Å²) in [5.41, 5.74) is 3.35. The van der Waals surface area contributed by atoms with Crippen LogP contribution in [0.4, 0.5) is 9.93 Å². The molecular weight excluding hydrogens is 619 g/mol. The lowest BCUT2D eigenvalue weighted by atomic mass is 9.91. The SMILES string of the molecule is CC1c2ccc(CCCN3CCC(C(=O)Nc4ncc(SCc5ncc(C(C)(C)C)o5)s4)CC3)cc2CCN1C(=O)OC(C)(C)C. The van der Waals surface area contributed by atoms with E-state index in [0.717, 1.165) is 61.7 Å². The highest BCUT2D eigenvalue weighted by Crippen LogP contribution is 2.33. The van der Waals surface area contributed by atoms with Crippen molar-refractivity contribution in [3.63, 3.8) is 0 Å². The molecular formula is C35H49N5O4S2. The topological polar surface area (TPSA) is 101 Å². The molecule has 2 aliphatic heterocycles. The van der Waals surface area contributed by atoms with E-state index in [4.69, 9.17) is 9.15 Å². The Hall–Kier alpha value is -2.89. The maximum Gasteiger partial charge on any atom is 0.410 e. The molecule has 1 fully saturated rings. The first-order chi connectivity index (χ1) is 21.7. The number of benzene rings is 1. The van der Waals surface area contributed by atoms with Gasteiger partial charge < -0.3 is 24.3 Å². The number of likely N-dealkylation sites (tertiary alicyclic amines) is 1. The molecule has 0 aliphatic carbocycles. The molecule has 1 atom stereocenters. The number of fused-ring (bicyclic) bond motifs is 1. The molecule has 2 aliphatic rings. The standard InChI is InChI=1S/C35H49N5O4S2/c1-23-27-11-10-24(19-26(27)14-18-40(23)33(42)44-35(5,6)7)9-8-15-39-16-12-25(13-17-39)31(41)38-32-37-21-30(46-32)45-22-29-36-20-28(43-29)34(2,3)4/h10-11,19-21,23,25H,8-9,12-18,22H2,1-7H3,(H,37,38,41). The highest BCUT2D eigenvalue weighted by Gasteiger charge is 2.31. The number of rotatable bonds is 9. The highest BCUT2D eigenvalue weighted by atomic mass is 32.2. The lowest BCUT2D eigenvalue weighted by Gasteiger charge is -2.36. The lowest BCUT2D eigenvalue weighted by Crippen LogP contribution is -2.42. The van der Waals surface area contributed by atoms with Crippen LogP contribution in [0.5, 0.6) is 0 Å². The number of thiazole rings is 1. The zero-order valence-electron chi connectivity index (χ0n) is 28.4. The van der Waals surface area contributed by atoms with Gasteiger partial charge in [0, 0.05) is 17.9 Å². The summed E-state index contributed by atoms with van der Waals surface area (Å²) in [6, 6.07) is 6.74. The zero-order chi connectivity index (χ0) is 33.1. The number of aryl methyl sites for hydroxylation is 1. The Bertz CT molecular complexity index is 1500. The number of hydrogen-bond acceptors (Lipinski definition) is 9. The van der Waals surface area contributed by atoms with E-state index in [1.165, 1.54) is 28.0 Å². The molecule has 9 nitrogen and oxygen atoms in total. The number of nitrogens with one attached hydrogen (secondary N) is 1. The molecule has 0 bridgehead atoms. The number of anilines is 1. The Morgan fingerprint density at radius 3 is 2.54 bits per heavy atom. The Morgan fingerprint density at radius 2 is 1.85 bits per heavy atom. The molecule has 5 rings (SSSR count). The molecule has 1 aromatic carbocycles. The van der Waals surface area contributed by atoms with E-state index in [1.807, 2.05) is 31.9 Å². The number of thioether (sulfide) groups is 1. The Balaban J connectivity index is 1.01. The van der Waals surface area contributed by atoms with E-state index >= 15 is 0 Å². The van der Waals surface area contributed by atoms with Gasteiger partial charge in [0.05, 0.1) is 28.4 Å². The Labute approximate surface area is 281 Å². The summed E-state index contributed by atoms with van der Waals surface area (Å²) < 4.78 is 12.5. The monoisotopic (exact) mass is 667 g/mol. The third-order valence-electron chi connectivity index (χ3n) is 8.62. The van der Waals surface area contributed by atoms with Crippen LogP contribution in [-0.2, 0) is 33.5 Å². The average Bonchev–Trinajstić information content (AvgIpc) is 3.65. The molecule has 46 heavy (non-hydrogen) atoms. The molecule has 1 saturated heterocycles. The van der Waals surface area contributed by atoms with Crippen LogP contribution in [0.15, 0.2) is 39.2 Å². The van der Waals surface area contributed by atoms with Gasteiger partial charge in [0.25, 0.3) is 0 Å². The second-order valence-corrected chi connectivity index (χ2v) is 16.8. The summed E-state index contributed by atoms with van der Waals surface area (Å²) in [4.78, 5) is 38.8. The van der Waals surface area contributed by atoms with Crippen LogP contribution < -0.4 is 5.32 Å². The van der Waals surface area contributed by atoms with Gasteiger partial charge in [-0.3, -0.25) is 4.79 Å². The van der Waals surface area contributed by atoms with Gasteiger partial charge in [-0.15, -0.1) is 11.8 Å². The minimum atomic E-state index is -0.495. The summed E-state index contributed by atoms with van der Waals surface area (Å²) in [7, 11) is 0. The average molecular weight is 668 g/mol. The Morgan fingerprint density at radius 1 is 1.09 bits per heavy atom.